The van der Waals surface area contributed by atoms with Crippen molar-refractivity contribution in [2.45, 2.75) is 6.42 Å². The first-order valence-corrected chi connectivity index (χ1v) is 5.84. The lowest BCUT2D eigenvalue weighted by molar-refractivity contribution is -0.120. The Morgan fingerprint density at radius 3 is 2.50 bits per heavy atom. The van der Waals surface area contributed by atoms with Gasteiger partial charge in [0, 0.05) is 12.7 Å². The Hall–Kier alpha value is -1.37. The van der Waals surface area contributed by atoms with Gasteiger partial charge in [-0.25, -0.2) is 0 Å². The van der Waals surface area contributed by atoms with Crippen LogP contribution in [-0.2, 0) is 4.79 Å². The zero-order chi connectivity index (χ0) is 13.2. The van der Waals surface area contributed by atoms with Gasteiger partial charge in [0.25, 0.3) is 5.91 Å². The third-order valence-electron chi connectivity index (χ3n) is 2.23. The number of hydrogen-bond donors (Lipinski definition) is 3. The highest BCUT2D eigenvalue weighted by molar-refractivity contribution is 5.94. The molecule has 8 heteroatoms. The molecule has 1 aromatic rings. The SMILES string of the molecule is CNCCCNC(=O)CNC(=O)c1ccccn1.Cl.Cl. The van der Waals surface area contributed by atoms with E-state index in [9.17, 15) is 9.59 Å². The molecular formula is C12H20Cl2N4O2. The molecule has 1 aromatic heterocycles. The van der Waals surface area contributed by atoms with E-state index in [4.69, 9.17) is 0 Å². The third kappa shape index (κ3) is 8.68. The summed E-state index contributed by atoms with van der Waals surface area (Å²) in [6, 6.07) is 5.05. The van der Waals surface area contributed by atoms with Crippen molar-refractivity contribution in [3.05, 3.63) is 30.1 Å². The fraction of sp³-hybridized carbons (Fsp3) is 0.417. The average Bonchev–Trinajstić information content (AvgIpc) is 2.42. The standard InChI is InChI=1S/C12H18N4O2.2ClH/c1-13-6-4-8-15-11(17)9-16-12(18)10-5-2-3-7-14-10;;/h2-3,5,7,13H,4,6,8-9H2,1H3,(H,15,17)(H,16,18);2*1H. The van der Waals surface area contributed by atoms with E-state index in [2.05, 4.69) is 20.9 Å². The number of pyridine rings is 1. The second kappa shape index (κ2) is 12.7. The minimum Gasteiger partial charge on any atom is -0.355 e. The summed E-state index contributed by atoms with van der Waals surface area (Å²) in [5, 5.41) is 8.20. The summed E-state index contributed by atoms with van der Waals surface area (Å²) in [6.45, 7) is 1.41. The summed E-state index contributed by atoms with van der Waals surface area (Å²) in [5.74, 6) is -0.545. The van der Waals surface area contributed by atoms with Crippen LogP contribution in [0.15, 0.2) is 24.4 Å². The van der Waals surface area contributed by atoms with Crippen LogP contribution in [0.3, 0.4) is 0 Å². The molecule has 114 valence electrons. The molecule has 0 fully saturated rings. The molecule has 0 aliphatic rings. The Morgan fingerprint density at radius 1 is 1.15 bits per heavy atom. The lowest BCUT2D eigenvalue weighted by atomic mass is 10.3. The largest absolute Gasteiger partial charge is 0.355 e. The Morgan fingerprint density at radius 2 is 1.90 bits per heavy atom. The van der Waals surface area contributed by atoms with E-state index in [-0.39, 0.29) is 43.2 Å². The van der Waals surface area contributed by atoms with Crippen LogP contribution in [0, 0.1) is 0 Å². The average molecular weight is 323 g/mol. The molecule has 0 saturated heterocycles. The molecule has 0 unspecified atom stereocenters. The van der Waals surface area contributed by atoms with Gasteiger partial charge in [-0.2, -0.15) is 0 Å². The van der Waals surface area contributed by atoms with Crippen molar-refractivity contribution >= 4 is 36.6 Å². The van der Waals surface area contributed by atoms with Gasteiger partial charge in [-0.05, 0) is 32.1 Å². The van der Waals surface area contributed by atoms with Crippen LogP contribution < -0.4 is 16.0 Å². The number of halogens is 2. The maximum atomic E-state index is 11.6. The van der Waals surface area contributed by atoms with Gasteiger partial charge in [-0.3, -0.25) is 14.6 Å². The van der Waals surface area contributed by atoms with Crippen molar-refractivity contribution < 1.29 is 9.59 Å². The van der Waals surface area contributed by atoms with Crippen LogP contribution in [0.25, 0.3) is 0 Å². The molecule has 0 aliphatic heterocycles. The van der Waals surface area contributed by atoms with Crippen molar-refractivity contribution in [2.24, 2.45) is 0 Å². The van der Waals surface area contributed by atoms with Gasteiger partial charge in [-0.1, -0.05) is 6.07 Å². The van der Waals surface area contributed by atoms with Crippen LogP contribution in [0.5, 0.6) is 0 Å². The molecule has 0 saturated carbocycles. The summed E-state index contributed by atoms with van der Waals surface area (Å²) < 4.78 is 0. The zero-order valence-electron chi connectivity index (χ0n) is 11.2. The number of rotatable bonds is 7. The minimum atomic E-state index is -0.346. The first-order chi connectivity index (χ1) is 8.74. The maximum absolute atomic E-state index is 11.6. The minimum absolute atomic E-state index is 0. The highest BCUT2D eigenvalue weighted by Gasteiger charge is 2.07. The van der Waals surface area contributed by atoms with Crippen molar-refractivity contribution in [3.63, 3.8) is 0 Å². The molecule has 0 bridgehead atoms. The molecule has 2 amide bonds. The molecule has 0 atom stereocenters. The lowest BCUT2D eigenvalue weighted by Gasteiger charge is -2.06. The maximum Gasteiger partial charge on any atom is 0.270 e. The Labute approximate surface area is 130 Å². The Kier molecular flexibility index (Phi) is 13.2. The van der Waals surface area contributed by atoms with E-state index in [1.807, 2.05) is 7.05 Å². The quantitative estimate of drug-likeness (QED) is 0.634. The monoisotopic (exact) mass is 322 g/mol. The number of amides is 2. The molecule has 20 heavy (non-hydrogen) atoms. The van der Waals surface area contributed by atoms with E-state index in [0.29, 0.717) is 12.2 Å². The summed E-state index contributed by atoms with van der Waals surface area (Å²) in [5.41, 5.74) is 0.306. The summed E-state index contributed by atoms with van der Waals surface area (Å²) in [6.07, 6.45) is 2.39. The van der Waals surface area contributed by atoms with Crippen LogP contribution >= 0.6 is 24.8 Å². The van der Waals surface area contributed by atoms with Crippen LogP contribution in [0.2, 0.25) is 0 Å². The van der Waals surface area contributed by atoms with Gasteiger partial charge < -0.3 is 16.0 Å². The molecule has 1 heterocycles. The molecule has 0 aliphatic carbocycles. The predicted molar refractivity (Wildman–Crippen MR) is 82.6 cm³/mol. The summed E-state index contributed by atoms with van der Waals surface area (Å²) in [4.78, 5) is 26.8. The van der Waals surface area contributed by atoms with Gasteiger partial charge in [0.2, 0.25) is 5.91 Å². The van der Waals surface area contributed by atoms with Gasteiger partial charge >= 0.3 is 0 Å². The van der Waals surface area contributed by atoms with E-state index in [1.165, 1.54) is 6.20 Å². The van der Waals surface area contributed by atoms with E-state index in [1.54, 1.807) is 18.2 Å². The first-order valence-electron chi connectivity index (χ1n) is 5.84. The number of nitrogens with zero attached hydrogens (tertiary/aromatic N) is 1. The van der Waals surface area contributed by atoms with E-state index < -0.39 is 0 Å². The first kappa shape index (κ1) is 20.9. The topological polar surface area (TPSA) is 83.1 Å². The Balaban J connectivity index is 0. The summed E-state index contributed by atoms with van der Waals surface area (Å²) >= 11 is 0. The highest BCUT2D eigenvalue weighted by atomic mass is 35.5. The number of nitrogens with one attached hydrogen (secondary N) is 3. The highest BCUT2D eigenvalue weighted by Crippen LogP contribution is 1.91. The zero-order valence-corrected chi connectivity index (χ0v) is 12.9. The van der Waals surface area contributed by atoms with Gasteiger partial charge in [-0.15, -0.1) is 24.8 Å². The van der Waals surface area contributed by atoms with Crippen LogP contribution in [0.1, 0.15) is 16.9 Å². The molecule has 3 N–H and O–H groups in total. The third-order valence-corrected chi connectivity index (χ3v) is 2.23. The summed E-state index contributed by atoms with van der Waals surface area (Å²) in [7, 11) is 1.86. The molecular weight excluding hydrogens is 303 g/mol. The van der Waals surface area contributed by atoms with E-state index >= 15 is 0 Å². The van der Waals surface area contributed by atoms with E-state index in [0.717, 1.165) is 13.0 Å². The van der Waals surface area contributed by atoms with Gasteiger partial charge in [0.15, 0.2) is 0 Å². The van der Waals surface area contributed by atoms with Crippen molar-refractivity contribution in [2.75, 3.05) is 26.7 Å². The van der Waals surface area contributed by atoms with Crippen LogP contribution in [0.4, 0.5) is 0 Å². The molecule has 1 rings (SSSR count). The molecule has 0 radical (unpaired) electrons. The van der Waals surface area contributed by atoms with Crippen LogP contribution in [-0.4, -0.2) is 43.5 Å². The van der Waals surface area contributed by atoms with Crippen molar-refractivity contribution in [3.8, 4) is 0 Å². The van der Waals surface area contributed by atoms with Gasteiger partial charge in [0.05, 0.1) is 6.54 Å². The number of hydrogen-bond acceptors (Lipinski definition) is 4. The lowest BCUT2D eigenvalue weighted by Crippen LogP contribution is -2.38. The molecule has 0 spiro atoms. The normalized spacial score (nSPS) is 8.85. The second-order valence-corrected chi connectivity index (χ2v) is 3.70. The fourth-order valence-corrected chi connectivity index (χ4v) is 1.30. The van der Waals surface area contributed by atoms with Crippen molar-refractivity contribution in [1.82, 2.24) is 20.9 Å². The Bertz CT molecular complexity index is 390. The van der Waals surface area contributed by atoms with Gasteiger partial charge in [0.1, 0.15) is 5.69 Å². The molecule has 0 aromatic carbocycles. The number of aromatic nitrogens is 1. The number of carbonyl (C=O) groups excluding carboxylic acids is 2. The second-order valence-electron chi connectivity index (χ2n) is 3.70. The van der Waals surface area contributed by atoms with Crippen molar-refractivity contribution in [1.29, 1.82) is 0 Å². The predicted octanol–water partition coefficient (Wildman–Crippen LogP) is 0.381. The fourth-order valence-electron chi connectivity index (χ4n) is 1.30. The smallest absolute Gasteiger partial charge is 0.270 e. The number of carbonyl (C=O) groups is 2. The molecule has 6 nitrogen and oxygen atoms in total.